The number of hydrogen-bond acceptors (Lipinski definition) is 4. The Morgan fingerprint density at radius 1 is 1.03 bits per heavy atom. The summed E-state index contributed by atoms with van der Waals surface area (Å²) in [5.41, 5.74) is 1.34. The van der Waals surface area contributed by atoms with E-state index >= 15 is 0 Å². The first-order valence-electron chi connectivity index (χ1n) is 9.82. The number of halogens is 3. The lowest BCUT2D eigenvalue weighted by molar-refractivity contribution is 0.0947. The molecule has 10 heteroatoms. The van der Waals surface area contributed by atoms with Crippen LogP contribution in [0.3, 0.4) is 0 Å². The molecule has 0 atom stereocenters. The van der Waals surface area contributed by atoms with Gasteiger partial charge < -0.3 is 10.1 Å². The summed E-state index contributed by atoms with van der Waals surface area (Å²) >= 11 is 12.2. The summed E-state index contributed by atoms with van der Waals surface area (Å²) in [5.74, 6) is -0.151. The zero-order chi connectivity index (χ0) is 24.0. The molecule has 1 N–H and O–H groups in total. The highest BCUT2D eigenvalue weighted by atomic mass is 35.5. The highest BCUT2D eigenvalue weighted by molar-refractivity contribution is 7.92. The number of amides is 1. The lowest BCUT2D eigenvalue weighted by Crippen LogP contribution is -2.30. The van der Waals surface area contributed by atoms with Gasteiger partial charge in [0.25, 0.3) is 5.91 Å². The van der Waals surface area contributed by atoms with E-state index in [1.807, 2.05) is 0 Å². The number of anilines is 1. The molecule has 0 saturated heterocycles. The lowest BCUT2D eigenvalue weighted by Gasteiger charge is -2.24. The van der Waals surface area contributed by atoms with Crippen molar-refractivity contribution >= 4 is 44.8 Å². The molecule has 0 aliphatic rings. The van der Waals surface area contributed by atoms with Gasteiger partial charge in [0.15, 0.2) is 0 Å². The molecular formula is C23H21Cl2FN2O4S. The highest BCUT2D eigenvalue weighted by Crippen LogP contribution is 2.31. The molecule has 3 rings (SSSR count). The van der Waals surface area contributed by atoms with Crippen molar-refractivity contribution in [2.45, 2.75) is 6.54 Å². The number of hydrogen-bond donors (Lipinski definition) is 1. The van der Waals surface area contributed by atoms with Gasteiger partial charge in [0.2, 0.25) is 10.0 Å². The molecule has 0 radical (unpaired) electrons. The molecule has 0 saturated carbocycles. The van der Waals surface area contributed by atoms with Crippen LogP contribution in [0.2, 0.25) is 10.0 Å². The van der Waals surface area contributed by atoms with Gasteiger partial charge in [0, 0.05) is 10.6 Å². The van der Waals surface area contributed by atoms with Gasteiger partial charge in [-0.3, -0.25) is 9.10 Å². The molecule has 0 aromatic heterocycles. The Bertz CT molecular complexity index is 1220. The minimum Gasteiger partial charge on any atom is -0.492 e. The lowest BCUT2D eigenvalue weighted by atomic mass is 10.1. The average Bonchev–Trinajstić information content (AvgIpc) is 2.77. The van der Waals surface area contributed by atoms with Crippen LogP contribution in [-0.4, -0.2) is 33.7 Å². The van der Waals surface area contributed by atoms with E-state index in [2.05, 4.69) is 5.32 Å². The number of benzene rings is 3. The first-order valence-corrected chi connectivity index (χ1v) is 12.4. The van der Waals surface area contributed by atoms with Crippen molar-refractivity contribution in [2.75, 3.05) is 23.7 Å². The zero-order valence-electron chi connectivity index (χ0n) is 17.6. The maximum absolute atomic E-state index is 12.9. The third-order valence-electron chi connectivity index (χ3n) is 4.59. The first kappa shape index (κ1) is 24.8. The zero-order valence-corrected chi connectivity index (χ0v) is 19.9. The normalized spacial score (nSPS) is 11.2. The van der Waals surface area contributed by atoms with Crippen LogP contribution in [0.25, 0.3) is 0 Å². The van der Waals surface area contributed by atoms with Crippen LogP contribution in [0.1, 0.15) is 15.9 Å². The molecule has 0 spiro atoms. The summed E-state index contributed by atoms with van der Waals surface area (Å²) in [6, 6.07) is 16.7. The summed E-state index contributed by atoms with van der Waals surface area (Å²) in [4.78, 5) is 12.3. The number of nitrogens with zero attached hydrogens (tertiary/aromatic N) is 1. The third kappa shape index (κ3) is 7.08. The van der Waals surface area contributed by atoms with E-state index in [0.29, 0.717) is 21.9 Å². The van der Waals surface area contributed by atoms with E-state index in [0.717, 1.165) is 10.6 Å². The summed E-state index contributed by atoms with van der Waals surface area (Å²) < 4.78 is 44.2. The van der Waals surface area contributed by atoms with Crippen molar-refractivity contribution in [3.05, 3.63) is 93.7 Å². The summed E-state index contributed by atoms with van der Waals surface area (Å²) in [6.07, 6.45) is 1.08. The van der Waals surface area contributed by atoms with Gasteiger partial charge in [-0.25, -0.2) is 12.8 Å². The molecular weight excluding hydrogens is 490 g/mol. The second-order valence-corrected chi connectivity index (χ2v) is 9.87. The monoisotopic (exact) mass is 510 g/mol. The molecule has 0 aliphatic heterocycles. The molecule has 1 amide bonds. The van der Waals surface area contributed by atoms with Crippen LogP contribution < -0.4 is 14.4 Å². The Kier molecular flexibility index (Phi) is 8.18. The minimum atomic E-state index is -3.65. The molecule has 6 nitrogen and oxygen atoms in total. The van der Waals surface area contributed by atoms with Gasteiger partial charge >= 0.3 is 0 Å². The Morgan fingerprint density at radius 2 is 1.70 bits per heavy atom. The molecule has 33 heavy (non-hydrogen) atoms. The number of carbonyl (C=O) groups excluding carboxylic acids is 1. The van der Waals surface area contributed by atoms with E-state index in [-0.39, 0.29) is 42.1 Å². The largest absolute Gasteiger partial charge is 0.492 e. The smallest absolute Gasteiger partial charge is 0.251 e. The molecule has 3 aromatic rings. The fraction of sp³-hybridized carbons (Fsp3) is 0.174. The topological polar surface area (TPSA) is 75.7 Å². The van der Waals surface area contributed by atoms with E-state index in [1.54, 1.807) is 30.3 Å². The number of nitrogens with one attached hydrogen (secondary N) is 1. The Labute approximate surface area is 201 Å². The van der Waals surface area contributed by atoms with E-state index in [4.69, 9.17) is 27.9 Å². The molecule has 174 valence electrons. The van der Waals surface area contributed by atoms with Crippen LogP contribution in [0.5, 0.6) is 5.75 Å². The van der Waals surface area contributed by atoms with Gasteiger partial charge in [-0.05, 0) is 60.2 Å². The molecule has 0 heterocycles. The SMILES string of the molecule is CS(=O)(=O)N(Cc1ccc(C(=O)NCCOc2ccc(F)cc2)cc1)c1cc(Cl)ccc1Cl. The quantitative estimate of drug-likeness (QED) is 0.415. The summed E-state index contributed by atoms with van der Waals surface area (Å²) in [6.45, 7) is 0.499. The van der Waals surface area contributed by atoms with Crippen LogP contribution in [0.15, 0.2) is 66.7 Å². The fourth-order valence-electron chi connectivity index (χ4n) is 2.95. The number of carbonyl (C=O) groups is 1. The minimum absolute atomic E-state index is 0.0201. The first-order chi connectivity index (χ1) is 15.6. The molecule has 3 aromatic carbocycles. The number of rotatable bonds is 9. The Balaban J connectivity index is 1.60. The van der Waals surface area contributed by atoms with Gasteiger partial charge in [-0.2, -0.15) is 0 Å². The van der Waals surface area contributed by atoms with Crippen LogP contribution in [0, 0.1) is 5.82 Å². The van der Waals surface area contributed by atoms with Gasteiger partial charge in [-0.1, -0.05) is 35.3 Å². The number of sulfonamides is 1. The van der Waals surface area contributed by atoms with Gasteiger partial charge in [0.1, 0.15) is 18.2 Å². The molecule has 0 fully saturated rings. The van der Waals surface area contributed by atoms with E-state index in [9.17, 15) is 17.6 Å². The van der Waals surface area contributed by atoms with E-state index in [1.165, 1.54) is 36.4 Å². The summed E-state index contributed by atoms with van der Waals surface area (Å²) in [5, 5.41) is 3.34. The molecule has 0 aliphatic carbocycles. The Hall–Kier alpha value is -2.81. The molecule has 0 unspecified atom stereocenters. The molecule has 0 bridgehead atoms. The van der Waals surface area contributed by atoms with Crippen molar-refractivity contribution in [2.24, 2.45) is 0 Å². The van der Waals surface area contributed by atoms with Gasteiger partial charge in [0.05, 0.1) is 30.1 Å². The van der Waals surface area contributed by atoms with Crippen molar-refractivity contribution in [3.8, 4) is 5.75 Å². The van der Waals surface area contributed by atoms with Crippen molar-refractivity contribution in [1.82, 2.24) is 5.32 Å². The summed E-state index contributed by atoms with van der Waals surface area (Å²) in [7, 11) is -3.65. The standard InChI is InChI=1S/C23H21Cl2FN2O4S/c1-33(30,31)28(22-14-18(24)6-11-21(22)25)15-16-2-4-17(5-3-16)23(29)27-12-13-32-20-9-7-19(26)8-10-20/h2-11,14H,12-13,15H2,1H3,(H,27,29). The predicted octanol–water partition coefficient (Wildman–Crippen LogP) is 4.91. The van der Waals surface area contributed by atoms with E-state index < -0.39 is 10.0 Å². The second-order valence-electron chi connectivity index (χ2n) is 7.12. The van der Waals surface area contributed by atoms with Crippen molar-refractivity contribution < 1.29 is 22.3 Å². The Morgan fingerprint density at radius 3 is 2.33 bits per heavy atom. The second kappa shape index (κ2) is 10.9. The maximum Gasteiger partial charge on any atom is 0.251 e. The maximum atomic E-state index is 12.9. The number of ether oxygens (including phenoxy) is 1. The van der Waals surface area contributed by atoms with Crippen molar-refractivity contribution in [1.29, 1.82) is 0 Å². The fourth-order valence-corrected chi connectivity index (χ4v) is 4.28. The highest BCUT2D eigenvalue weighted by Gasteiger charge is 2.21. The average molecular weight is 511 g/mol. The van der Waals surface area contributed by atoms with Crippen LogP contribution >= 0.6 is 23.2 Å². The predicted molar refractivity (Wildman–Crippen MR) is 128 cm³/mol. The van der Waals surface area contributed by atoms with Gasteiger partial charge in [-0.15, -0.1) is 0 Å². The van der Waals surface area contributed by atoms with Crippen LogP contribution in [0.4, 0.5) is 10.1 Å². The van der Waals surface area contributed by atoms with Crippen LogP contribution in [-0.2, 0) is 16.6 Å². The third-order valence-corrected chi connectivity index (χ3v) is 6.27. The van der Waals surface area contributed by atoms with Crippen molar-refractivity contribution in [3.63, 3.8) is 0 Å².